The fraction of sp³-hybridized carbons (Fsp3) is 0.571. The first-order chi connectivity index (χ1) is 8.64. The summed E-state index contributed by atoms with van der Waals surface area (Å²) in [4.78, 5) is 0. The van der Waals surface area contributed by atoms with Crippen LogP contribution in [0.4, 0.5) is 13.2 Å². The quantitative estimate of drug-likeness (QED) is 0.881. The van der Waals surface area contributed by atoms with Gasteiger partial charge in [-0.2, -0.15) is 0 Å². The van der Waals surface area contributed by atoms with Gasteiger partial charge in [0, 0.05) is 6.04 Å². The molecule has 1 aromatic carbocycles. The maximum atomic E-state index is 12.2. The second-order valence-corrected chi connectivity index (χ2v) is 5.35. The fourth-order valence-electron chi connectivity index (χ4n) is 2.10. The van der Waals surface area contributed by atoms with E-state index >= 15 is 0 Å². The maximum absolute atomic E-state index is 12.2. The number of nitrogens with one attached hydrogen (secondary N) is 1. The molecule has 0 spiro atoms. The van der Waals surface area contributed by atoms with Crippen molar-refractivity contribution in [3.8, 4) is 5.75 Å². The van der Waals surface area contributed by atoms with E-state index in [1.165, 1.54) is 12.1 Å². The van der Waals surface area contributed by atoms with Crippen LogP contribution in [-0.4, -0.2) is 19.5 Å². The van der Waals surface area contributed by atoms with E-state index in [1.807, 2.05) is 33.9 Å². The third kappa shape index (κ3) is 5.11. The molecule has 1 rings (SSSR count). The Kier molecular flexibility index (Phi) is 4.85. The van der Waals surface area contributed by atoms with Crippen molar-refractivity contribution < 1.29 is 17.9 Å². The highest BCUT2D eigenvalue weighted by Gasteiger charge is 2.31. The first-order valence-electron chi connectivity index (χ1n) is 6.17. The van der Waals surface area contributed by atoms with Crippen molar-refractivity contribution in [3.63, 3.8) is 0 Å². The van der Waals surface area contributed by atoms with Crippen molar-refractivity contribution in [3.05, 3.63) is 29.8 Å². The molecule has 0 aliphatic rings. The molecule has 0 heterocycles. The molecule has 0 amide bonds. The molecule has 108 valence electrons. The number of ether oxygens (including phenoxy) is 1. The van der Waals surface area contributed by atoms with Crippen molar-refractivity contribution in [1.82, 2.24) is 5.32 Å². The van der Waals surface area contributed by atoms with Gasteiger partial charge in [-0.3, -0.25) is 0 Å². The lowest BCUT2D eigenvalue weighted by molar-refractivity contribution is -0.274. The van der Waals surface area contributed by atoms with Gasteiger partial charge in [0.1, 0.15) is 5.75 Å². The van der Waals surface area contributed by atoms with E-state index in [9.17, 15) is 13.2 Å². The van der Waals surface area contributed by atoms with Gasteiger partial charge in [0.2, 0.25) is 0 Å². The summed E-state index contributed by atoms with van der Waals surface area (Å²) in [5.41, 5.74) is 0.601. The van der Waals surface area contributed by atoms with Gasteiger partial charge in [-0.05, 0) is 43.5 Å². The van der Waals surface area contributed by atoms with Gasteiger partial charge in [-0.25, -0.2) is 0 Å². The SMILES string of the molecule is CNC(C)CC(C)(C)c1cccc(OC(F)(F)F)c1. The number of hydrogen-bond acceptors (Lipinski definition) is 2. The Morgan fingerprint density at radius 1 is 1.26 bits per heavy atom. The summed E-state index contributed by atoms with van der Waals surface area (Å²) in [5.74, 6) is -0.171. The molecule has 1 atom stereocenters. The van der Waals surface area contributed by atoms with Gasteiger partial charge in [0.15, 0.2) is 0 Å². The molecule has 0 saturated heterocycles. The van der Waals surface area contributed by atoms with Crippen LogP contribution in [0.15, 0.2) is 24.3 Å². The summed E-state index contributed by atoms with van der Waals surface area (Å²) in [5, 5.41) is 3.13. The summed E-state index contributed by atoms with van der Waals surface area (Å²) in [6.07, 6.45) is -3.83. The summed E-state index contributed by atoms with van der Waals surface area (Å²) in [7, 11) is 1.87. The molecule has 0 aliphatic carbocycles. The Hall–Kier alpha value is -1.23. The van der Waals surface area contributed by atoms with Crippen molar-refractivity contribution in [2.75, 3.05) is 7.05 Å². The van der Waals surface area contributed by atoms with Gasteiger partial charge in [0.05, 0.1) is 0 Å². The Morgan fingerprint density at radius 3 is 2.42 bits per heavy atom. The van der Waals surface area contributed by atoms with Crippen LogP contribution in [0.2, 0.25) is 0 Å². The summed E-state index contributed by atoms with van der Waals surface area (Å²) >= 11 is 0. The van der Waals surface area contributed by atoms with Gasteiger partial charge >= 0.3 is 6.36 Å². The average Bonchev–Trinajstić information content (AvgIpc) is 2.26. The third-order valence-electron chi connectivity index (χ3n) is 3.16. The molecule has 0 fully saturated rings. The van der Waals surface area contributed by atoms with E-state index in [2.05, 4.69) is 10.1 Å². The molecule has 1 aromatic rings. The molecule has 1 N–H and O–H groups in total. The van der Waals surface area contributed by atoms with Crippen LogP contribution in [0.3, 0.4) is 0 Å². The normalized spacial score (nSPS) is 14.3. The second kappa shape index (κ2) is 5.82. The van der Waals surface area contributed by atoms with Crippen LogP contribution in [0, 0.1) is 0 Å². The summed E-state index contributed by atoms with van der Waals surface area (Å²) in [6, 6.07) is 6.46. The van der Waals surface area contributed by atoms with Crippen LogP contribution >= 0.6 is 0 Å². The van der Waals surface area contributed by atoms with Gasteiger partial charge in [0.25, 0.3) is 0 Å². The minimum absolute atomic E-state index is 0.171. The van der Waals surface area contributed by atoms with E-state index in [4.69, 9.17) is 0 Å². The zero-order chi connectivity index (χ0) is 14.7. The molecule has 0 aromatic heterocycles. The lowest BCUT2D eigenvalue weighted by atomic mass is 9.79. The Morgan fingerprint density at radius 2 is 1.89 bits per heavy atom. The summed E-state index contributed by atoms with van der Waals surface area (Å²) in [6.45, 7) is 6.05. The maximum Gasteiger partial charge on any atom is 0.573 e. The molecule has 0 bridgehead atoms. The first-order valence-corrected chi connectivity index (χ1v) is 6.17. The molecule has 0 saturated carbocycles. The Bertz CT molecular complexity index is 415. The molecule has 2 nitrogen and oxygen atoms in total. The lowest BCUT2D eigenvalue weighted by Crippen LogP contribution is -2.31. The van der Waals surface area contributed by atoms with E-state index < -0.39 is 6.36 Å². The monoisotopic (exact) mass is 275 g/mol. The number of hydrogen-bond donors (Lipinski definition) is 1. The highest BCUT2D eigenvalue weighted by Crippen LogP contribution is 2.32. The smallest absolute Gasteiger partial charge is 0.406 e. The highest BCUT2D eigenvalue weighted by molar-refractivity contribution is 5.33. The van der Waals surface area contributed by atoms with Crippen molar-refractivity contribution >= 4 is 0 Å². The highest BCUT2D eigenvalue weighted by atomic mass is 19.4. The van der Waals surface area contributed by atoms with Crippen molar-refractivity contribution in [1.29, 1.82) is 0 Å². The second-order valence-electron chi connectivity index (χ2n) is 5.35. The zero-order valence-electron chi connectivity index (χ0n) is 11.6. The van der Waals surface area contributed by atoms with E-state index in [0.717, 1.165) is 12.0 Å². The standard InChI is InChI=1S/C14H20F3NO/c1-10(18-4)9-13(2,3)11-6-5-7-12(8-11)19-14(15,16)17/h5-8,10,18H,9H2,1-4H3. The molecule has 5 heteroatoms. The Balaban J connectivity index is 2.91. The van der Waals surface area contributed by atoms with Crippen LogP contribution in [0.25, 0.3) is 0 Å². The number of benzene rings is 1. The predicted octanol–water partition coefficient (Wildman–Crippen LogP) is 3.86. The van der Waals surface area contributed by atoms with E-state index in [1.54, 1.807) is 6.07 Å². The lowest BCUT2D eigenvalue weighted by Gasteiger charge is -2.29. The number of rotatable bonds is 5. The molecule has 0 aliphatic heterocycles. The third-order valence-corrected chi connectivity index (χ3v) is 3.16. The number of alkyl halides is 3. The molecular formula is C14H20F3NO. The Labute approximate surface area is 112 Å². The van der Waals surface area contributed by atoms with Crippen LogP contribution in [0.5, 0.6) is 5.75 Å². The van der Waals surface area contributed by atoms with Crippen LogP contribution in [0.1, 0.15) is 32.8 Å². The van der Waals surface area contributed by atoms with Gasteiger partial charge in [-0.1, -0.05) is 26.0 Å². The fourth-order valence-corrected chi connectivity index (χ4v) is 2.10. The van der Waals surface area contributed by atoms with Crippen molar-refractivity contribution in [2.45, 2.75) is 45.0 Å². The van der Waals surface area contributed by atoms with Gasteiger partial charge < -0.3 is 10.1 Å². The molecule has 0 radical (unpaired) electrons. The molecular weight excluding hydrogens is 255 g/mol. The van der Waals surface area contributed by atoms with E-state index in [-0.39, 0.29) is 17.2 Å². The first kappa shape index (κ1) is 15.8. The van der Waals surface area contributed by atoms with E-state index in [0.29, 0.717) is 0 Å². The minimum atomic E-state index is -4.65. The van der Waals surface area contributed by atoms with Crippen molar-refractivity contribution in [2.24, 2.45) is 0 Å². The minimum Gasteiger partial charge on any atom is -0.406 e. The van der Waals surface area contributed by atoms with Crippen LogP contribution in [-0.2, 0) is 5.41 Å². The topological polar surface area (TPSA) is 21.3 Å². The number of halogens is 3. The predicted molar refractivity (Wildman–Crippen MR) is 69.3 cm³/mol. The summed E-state index contributed by atoms with van der Waals surface area (Å²) < 4.78 is 40.6. The van der Waals surface area contributed by atoms with Crippen LogP contribution < -0.4 is 10.1 Å². The average molecular weight is 275 g/mol. The molecule has 1 unspecified atom stereocenters. The molecule has 19 heavy (non-hydrogen) atoms. The zero-order valence-corrected chi connectivity index (χ0v) is 11.6. The largest absolute Gasteiger partial charge is 0.573 e. The van der Waals surface area contributed by atoms with Gasteiger partial charge in [-0.15, -0.1) is 13.2 Å².